The number of benzene rings is 1. The molecule has 0 atom stereocenters. The minimum Gasteiger partial charge on any atom is -0.463 e. The quantitative estimate of drug-likeness (QED) is 0.521. The Kier molecular flexibility index (Phi) is 4.80. The molecule has 0 aliphatic rings. The molecule has 1 aromatic rings. The molecular weight excluding hydrogens is 263 g/mol. The zero-order chi connectivity index (χ0) is 14.5. The molecule has 7 heteroatoms. The molecule has 0 bridgehead atoms. The fraction of sp³-hybridized carbons (Fsp3) is 0.250. The molecule has 0 amide bonds. The Morgan fingerprint density at radius 3 is 2.68 bits per heavy atom. The van der Waals surface area contributed by atoms with Gasteiger partial charge in [0, 0.05) is 6.08 Å². The molecule has 0 saturated heterocycles. The van der Waals surface area contributed by atoms with Gasteiger partial charge in [-0.2, -0.15) is 0 Å². The molecule has 19 heavy (non-hydrogen) atoms. The van der Waals surface area contributed by atoms with Crippen LogP contribution in [-0.2, 0) is 9.53 Å². The molecule has 0 aliphatic carbocycles. The molecule has 104 valence electrons. The average Bonchev–Trinajstić information content (AvgIpc) is 2.29. The van der Waals surface area contributed by atoms with Crippen LogP contribution in [0.15, 0.2) is 24.3 Å². The van der Waals surface area contributed by atoms with E-state index in [1.165, 1.54) is 18.2 Å². The molecule has 0 saturated carbocycles. The van der Waals surface area contributed by atoms with Crippen molar-refractivity contribution in [1.82, 2.24) is 0 Å². The molecule has 0 spiro atoms. The topological polar surface area (TPSA) is 61.5 Å². The summed E-state index contributed by atoms with van der Waals surface area (Å²) >= 11 is 0. The first kappa shape index (κ1) is 14.9. The first-order valence-electron chi connectivity index (χ1n) is 5.32. The first-order chi connectivity index (χ1) is 8.81. The molecule has 1 rings (SSSR count). The number of nitrogen functional groups attached to an aromatic ring is 1. The van der Waals surface area contributed by atoms with Crippen molar-refractivity contribution in [3.63, 3.8) is 0 Å². The third-order valence-corrected chi connectivity index (χ3v) is 1.96. The normalized spacial score (nSPS) is 11.6. The molecule has 0 aromatic heterocycles. The Labute approximate surface area is 107 Å². The lowest BCUT2D eigenvalue weighted by molar-refractivity contribution is -0.274. The fourth-order valence-corrected chi connectivity index (χ4v) is 1.22. The van der Waals surface area contributed by atoms with Gasteiger partial charge in [0.1, 0.15) is 0 Å². The van der Waals surface area contributed by atoms with E-state index in [1.807, 2.05) is 0 Å². The maximum absolute atomic E-state index is 12.1. The van der Waals surface area contributed by atoms with Gasteiger partial charge in [-0.05, 0) is 30.7 Å². The summed E-state index contributed by atoms with van der Waals surface area (Å²) in [5.74, 6) is -1.10. The highest BCUT2D eigenvalue weighted by Crippen LogP contribution is 2.29. The van der Waals surface area contributed by atoms with Gasteiger partial charge in [-0.15, -0.1) is 13.2 Å². The number of carbonyl (C=O) groups is 1. The van der Waals surface area contributed by atoms with Gasteiger partial charge in [-0.25, -0.2) is 4.79 Å². The van der Waals surface area contributed by atoms with Crippen molar-refractivity contribution in [2.24, 2.45) is 0 Å². The van der Waals surface area contributed by atoms with Crippen LogP contribution < -0.4 is 10.5 Å². The van der Waals surface area contributed by atoms with Crippen molar-refractivity contribution in [2.45, 2.75) is 13.3 Å². The average molecular weight is 275 g/mol. The zero-order valence-electron chi connectivity index (χ0n) is 10.0. The summed E-state index contributed by atoms with van der Waals surface area (Å²) in [5.41, 5.74) is 5.55. The van der Waals surface area contributed by atoms with Crippen LogP contribution in [0.1, 0.15) is 12.5 Å². The summed E-state index contributed by atoms with van der Waals surface area (Å²) in [6, 6.07) is 3.79. The number of hydrogen-bond acceptors (Lipinski definition) is 4. The number of carbonyl (C=O) groups excluding carboxylic acids is 1. The summed E-state index contributed by atoms with van der Waals surface area (Å²) in [7, 11) is 0. The van der Waals surface area contributed by atoms with Crippen LogP contribution in [0.5, 0.6) is 5.75 Å². The highest BCUT2D eigenvalue weighted by molar-refractivity contribution is 5.87. The van der Waals surface area contributed by atoms with Crippen molar-refractivity contribution in [3.8, 4) is 5.75 Å². The smallest absolute Gasteiger partial charge is 0.463 e. The Morgan fingerprint density at radius 2 is 2.11 bits per heavy atom. The highest BCUT2D eigenvalue weighted by atomic mass is 19.4. The zero-order valence-corrected chi connectivity index (χ0v) is 10.0. The van der Waals surface area contributed by atoms with Gasteiger partial charge < -0.3 is 15.2 Å². The van der Waals surface area contributed by atoms with E-state index < -0.39 is 18.1 Å². The van der Waals surface area contributed by atoms with E-state index >= 15 is 0 Å². The van der Waals surface area contributed by atoms with Crippen LogP contribution in [0, 0.1) is 0 Å². The Balaban J connectivity index is 2.87. The molecule has 4 nitrogen and oxygen atoms in total. The van der Waals surface area contributed by atoms with Crippen molar-refractivity contribution >= 4 is 17.7 Å². The molecule has 1 aromatic carbocycles. The maximum Gasteiger partial charge on any atom is 0.573 e. The SMILES string of the molecule is CCOC(=O)C=Cc1ccc(N)c(OC(F)(F)F)c1. The predicted molar refractivity (Wildman–Crippen MR) is 63.2 cm³/mol. The van der Waals surface area contributed by atoms with Crippen molar-refractivity contribution < 1.29 is 27.4 Å². The van der Waals surface area contributed by atoms with Crippen LogP contribution in [-0.4, -0.2) is 18.9 Å². The second kappa shape index (κ2) is 6.12. The molecule has 0 unspecified atom stereocenters. The van der Waals surface area contributed by atoms with E-state index in [1.54, 1.807) is 6.92 Å². The number of nitrogens with two attached hydrogens (primary N) is 1. The molecule has 0 aliphatic heterocycles. The van der Waals surface area contributed by atoms with E-state index in [0.29, 0.717) is 5.56 Å². The van der Waals surface area contributed by atoms with Gasteiger partial charge >= 0.3 is 12.3 Å². The molecule has 0 fully saturated rings. The van der Waals surface area contributed by atoms with Gasteiger partial charge in [-0.3, -0.25) is 0 Å². The number of anilines is 1. The van der Waals surface area contributed by atoms with E-state index in [0.717, 1.165) is 12.1 Å². The van der Waals surface area contributed by atoms with Crippen molar-refractivity contribution in [1.29, 1.82) is 0 Å². The Morgan fingerprint density at radius 1 is 1.42 bits per heavy atom. The predicted octanol–water partition coefficient (Wildman–Crippen LogP) is 2.74. The minimum absolute atomic E-state index is 0.148. The monoisotopic (exact) mass is 275 g/mol. The standard InChI is InChI=1S/C12H12F3NO3/c1-2-18-11(17)6-4-8-3-5-9(16)10(7-8)19-12(13,14)15/h3-7H,2,16H2,1H3. The maximum atomic E-state index is 12.1. The van der Waals surface area contributed by atoms with Crippen LogP contribution in [0.25, 0.3) is 6.08 Å². The Hall–Kier alpha value is -2.18. The lowest BCUT2D eigenvalue weighted by Gasteiger charge is -2.11. The third kappa shape index (κ3) is 5.33. The number of alkyl halides is 3. The van der Waals surface area contributed by atoms with Crippen LogP contribution in [0.2, 0.25) is 0 Å². The second-order valence-corrected chi connectivity index (χ2v) is 3.43. The largest absolute Gasteiger partial charge is 0.573 e. The molecule has 0 radical (unpaired) electrons. The number of esters is 1. The van der Waals surface area contributed by atoms with E-state index in [2.05, 4.69) is 9.47 Å². The number of hydrogen-bond donors (Lipinski definition) is 1. The lowest BCUT2D eigenvalue weighted by Crippen LogP contribution is -2.18. The summed E-state index contributed by atoms with van der Waals surface area (Å²) in [5, 5.41) is 0. The van der Waals surface area contributed by atoms with E-state index in [9.17, 15) is 18.0 Å². The summed E-state index contributed by atoms with van der Waals surface area (Å²) in [4.78, 5) is 11.1. The number of halogens is 3. The van der Waals surface area contributed by atoms with Crippen molar-refractivity contribution in [3.05, 3.63) is 29.8 Å². The minimum atomic E-state index is -4.82. The first-order valence-corrected chi connectivity index (χ1v) is 5.32. The Bertz CT molecular complexity index is 484. The molecule has 0 heterocycles. The fourth-order valence-electron chi connectivity index (χ4n) is 1.22. The summed E-state index contributed by atoms with van der Waals surface area (Å²) in [6.45, 7) is 1.86. The summed E-state index contributed by atoms with van der Waals surface area (Å²) < 4.78 is 44.7. The lowest BCUT2D eigenvalue weighted by atomic mass is 10.2. The van der Waals surface area contributed by atoms with Crippen LogP contribution in [0.3, 0.4) is 0 Å². The molecular formula is C12H12F3NO3. The second-order valence-electron chi connectivity index (χ2n) is 3.43. The van der Waals surface area contributed by atoms with Crippen LogP contribution in [0.4, 0.5) is 18.9 Å². The van der Waals surface area contributed by atoms with Gasteiger partial charge in [0.25, 0.3) is 0 Å². The summed E-state index contributed by atoms with van der Waals surface area (Å²) in [6.07, 6.45) is -2.41. The third-order valence-electron chi connectivity index (χ3n) is 1.96. The van der Waals surface area contributed by atoms with Gasteiger partial charge in [-0.1, -0.05) is 6.07 Å². The van der Waals surface area contributed by atoms with Gasteiger partial charge in [0.05, 0.1) is 12.3 Å². The van der Waals surface area contributed by atoms with Gasteiger partial charge in [0.15, 0.2) is 5.75 Å². The highest BCUT2D eigenvalue weighted by Gasteiger charge is 2.31. The van der Waals surface area contributed by atoms with Crippen LogP contribution >= 0.6 is 0 Å². The van der Waals surface area contributed by atoms with E-state index in [4.69, 9.17) is 5.73 Å². The van der Waals surface area contributed by atoms with Gasteiger partial charge in [0.2, 0.25) is 0 Å². The molecule has 2 N–H and O–H groups in total. The van der Waals surface area contributed by atoms with E-state index in [-0.39, 0.29) is 12.3 Å². The number of rotatable bonds is 4. The number of ether oxygens (including phenoxy) is 2. The van der Waals surface area contributed by atoms with Crippen molar-refractivity contribution in [2.75, 3.05) is 12.3 Å².